The van der Waals surface area contributed by atoms with Crippen LogP contribution in [-0.2, 0) is 30.6 Å². The van der Waals surface area contributed by atoms with E-state index in [1.165, 1.54) is 19.1 Å². The monoisotopic (exact) mass is 388 g/mol. The van der Waals surface area contributed by atoms with Crippen molar-refractivity contribution in [1.82, 2.24) is 9.11 Å². The second-order valence-electron chi connectivity index (χ2n) is 4.43. The highest BCUT2D eigenvalue weighted by atomic mass is 32.3. The van der Waals surface area contributed by atoms with Gasteiger partial charge < -0.3 is 4.74 Å². The average molecular weight is 388 g/mol. The zero-order valence-corrected chi connectivity index (χ0v) is 13.6. The third-order valence-corrected chi connectivity index (χ3v) is 5.38. The number of nitrogens with zero attached hydrogens (tertiary/aromatic N) is 1. The molecule has 1 N–H and O–H groups in total. The lowest BCUT2D eigenvalue weighted by Gasteiger charge is -2.10. The fraction of sp³-hybridized carbons (Fsp3) is 0.273. The number of aromatic nitrogens is 1. The number of ether oxygens (including phenoxy) is 1. The molecular formula is C11H11F3N2O6S2. The van der Waals surface area contributed by atoms with Gasteiger partial charge in [-0.15, -0.1) is 4.13 Å². The molecular weight excluding hydrogens is 377 g/mol. The summed E-state index contributed by atoms with van der Waals surface area (Å²) in [4.78, 5) is 14.9. The maximum Gasteiger partial charge on any atom is 0.512 e. The van der Waals surface area contributed by atoms with Crippen LogP contribution in [0.4, 0.5) is 13.2 Å². The van der Waals surface area contributed by atoms with Crippen molar-refractivity contribution >= 4 is 26.0 Å². The number of hydrogen-bond donors (Lipinski definition) is 1. The van der Waals surface area contributed by atoms with Crippen LogP contribution in [0.2, 0.25) is 0 Å². The molecule has 24 heavy (non-hydrogen) atoms. The van der Waals surface area contributed by atoms with Gasteiger partial charge in [0.2, 0.25) is 15.9 Å². The Labute approximate surface area is 135 Å². The molecule has 0 aromatic carbocycles. The number of nitrogens with one attached hydrogen (secondary N) is 1. The number of esters is 1. The predicted molar refractivity (Wildman–Crippen MR) is 75.4 cm³/mol. The van der Waals surface area contributed by atoms with Crippen molar-refractivity contribution in [2.45, 2.75) is 18.2 Å². The van der Waals surface area contributed by atoms with E-state index in [4.69, 9.17) is 4.74 Å². The van der Waals surface area contributed by atoms with Crippen LogP contribution >= 0.6 is 0 Å². The summed E-state index contributed by atoms with van der Waals surface area (Å²) in [5.74, 6) is -2.35. The molecule has 0 saturated carbocycles. The number of sulfonamides is 2. The van der Waals surface area contributed by atoms with Crippen LogP contribution in [0.1, 0.15) is 12.6 Å². The molecule has 1 heterocycles. The number of hydrogen-bond acceptors (Lipinski definition) is 7. The Balaban J connectivity index is 2.97. The van der Waals surface area contributed by atoms with Gasteiger partial charge in [0.25, 0.3) is 0 Å². The Bertz CT molecular complexity index is 862. The van der Waals surface area contributed by atoms with Crippen molar-refractivity contribution in [3.63, 3.8) is 0 Å². The highest BCUT2D eigenvalue weighted by molar-refractivity contribution is 8.04. The Morgan fingerprint density at radius 2 is 1.88 bits per heavy atom. The molecule has 134 valence electrons. The van der Waals surface area contributed by atoms with E-state index in [1.54, 1.807) is 0 Å². The highest BCUT2D eigenvalue weighted by Crippen LogP contribution is 2.22. The highest BCUT2D eigenvalue weighted by Gasteiger charge is 2.48. The zero-order valence-electron chi connectivity index (χ0n) is 12.0. The van der Waals surface area contributed by atoms with Crippen LogP contribution in [0.3, 0.4) is 0 Å². The molecule has 0 aliphatic rings. The first-order chi connectivity index (χ1) is 10.7. The van der Waals surface area contributed by atoms with E-state index in [9.17, 15) is 34.8 Å². The molecule has 0 spiro atoms. The Morgan fingerprint density at radius 1 is 1.29 bits per heavy atom. The average Bonchev–Trinajstić information content (AvgIpc) is 2.35. The maximum absolute atomic E-state index is 12.2. The van der Waals surface area contributed by atoms with Crippen LogP contribution in [0, 0.1) is 0 Å². The van der Waals surface area contributed by atoms with Gasteiger partial charge in [-0.2, -0.15) is 13.2 Å². The molecule has 0 aliphatic carbocycles. The molecule has 0 bridgehead atoms. The Morgan fingerprint density at radius 3 is 2.38 bits per heavy atom. The Kier molecular flexibility index (Phi) is 5.74. The molecule has 0 amide bonds. The van der Waals surface area contributed by atoms with Crippen molar-refractivity contribution in [3.05, 3.63) is 36.0 Å². The molecule has 1 aromatic heterocycles. The maximum atomic E-state index is 12.2. The molecule has 8 nitrogen and oxygen atoms in total. The van der Waals surface area contributed by atoms with Crippen LogP contribution in [-0.4, -0.2) is 33.3 Å². The summed E-state index contributed by atoms with van der Waals surface area (Å²) in [5, 5.41) is 0. The van der Waals surface area contributed by atoms with Crippen molar-refractivity contribution in [2.24, 2.45) is 0 Å². The lowest BCUT2D eigenvalue weighted by molar-refractivity contribution is -0.130. The van der Waals surface area contributed by atoms with Gasteiger partial charge in [-0.05, 0) is 13.0 Å². The van der Waals surface area contributed by atoms with Crippen LogP contribution < -0.4 is 8.86 Å². The molecule has 1 rings (SSSR count). The number of halogens is 3. The molecule has 0 saturated heterocycles. The normalized spacial score (nSPS) is 12.7. The van der Waals surface area contributed by atoms with E-state index in [0.29, 0.717) is 4.13 Å². The summed E-state index contributed by atoms with van der Waals surface area (Å²) in [6.45, 7) is 4.66. The minimum atomic E-state index is -6.08. The van der Waals surface area contributed by atoms with Gasteiger partial charge in [0, 0.05) is 11.6 Å². The topological polar surface area (TPSA) is 119 Å². The van der Waals surface area contributed by atoms with Crippen molar-refractivity contribution in [1.29, 1.82) is 0 Å². The first kappa shape index (κ1) is 20.1. The van der Waals surface area contributed by atoms with Crippen molar-refractivity contribution in [2.75, 3.05) is 0 Å². The summed E-state index contributed by atoms with van der Waals surface area (Å²) >= 11 is 0. The number of rotatable bonds is 6. The van der Waals surface area contributed by atoms with E-state index in [2.05, 4.69) is 11.6 Å². The van der Waals surface area contributed by atoms with Gasteiger partial charge in [0.15, 0.2) is 0 Å². The molecule has 1 aromatic rings. The SMILES string of the molecule is C=C(C)C(=O)Oc1cccc(CS(=O)(=O)NS(=O)(=O)C(F)(F)F)n1. The van der Waals surface area contributed by atoms with Crippen LogP contribution in [0.5, 0.6) is 5.88 Å². The number of alkyl halides is 3. The van der Waals surface area contributed by atoms with Gasteiger partial charge in [-0.25, -0.2) is 26.6 Å². The van der Waals surface area contributed by atoms with Crippen molar-refractivity contribution in [3.8, 4) is 5.88 Å². The third kappa shape index (κ3) is 5.58. The van der Waals surface area contributed by atoms with E-state index >= 15 is 0 Å². The van der Waals surface area contributed by atoms with E-state index in [0.717, 1.165) is 6.07 Å². The first-order valence-electron chi connectivity index (χ1n) is 5.90. The van der Waals surface area contributed by atoms with Gasteiger partial charge >= 0.3 is 21.5 Å². The van der Waals surface area contributed by atoms with Gasteiger partial charge in [0.05, 0.1) is 5.69 Å². The third-order valence-electron chi connectivity index (χ3n) is 2.21. The number of pyridine rings is 1. The van der Waals surface area contributed by atoms with E-state index in [-0.39, 0.29) is 17.1 Å². The molecule has 0 aliphatic heterocycles. The molecule has 0 radical (unpaired) electrons. The molecule has 13 heteroatoms. The zero-order chi connectivity index (χ0) is 18.8. The standard InChI is InChI=1S/C11H11F3N2O6S2/c1-7(2)10(17)22-9-5-3-4-8(15-9)6-23(18,19)16-24(20,21)11(12,13)14/h3-5,16H,1,6H2,2H3. The van der Waals surface area contributed by atoms with Gasteiger partial charge in [-0.1, -0.05) is 12.6 Å². The molecule has 0 atom stereocenters. The fourth-order valence-corrected chi connectivity index (χ4v) is 3.72. The number of carbonyl (C=O) groups is 1. The number of carbonyl (C=O) groups excluding carboxylic acids is 1. The van der Waals surface area contributed by atoms with Crippen molar-refractivity contribution < 1.29 is 39.5 Å². The predicted octanol–water partition coefficient (Wildman–Crippen LogP) is 0.832. The smallest absolute Gasteiger partial charge is 0.404 e. The first-order valence-corrected chi connectivity index (χ1v) is 9.03. The Hall–Kier alpha value is -1.99. The summed E-state index contributed by atoms with van der Waals surface area (Å²) < 4.78 is 86.6. The van der Waals surface area contributed by atoms with E-state index < -0.39 is 37.3 Å². The van der Waals surface area contributed by atoms with Gasteiger partial charge in [-0.3, -0.25) is 0 Å². The van der Waals surface area contributed by atoms with Gasteiger partial charge in [0.1, 0.15) is 5.75 Å². The lowest BCUT2D eigenvalue weighted by Crippen LogP contribution is -2.40. The summed E-state index contributed by atoms with van der Waals surface area (Å²) in [5.41, 5.74) is -6.09. The largest absolute Gasteiger partial charge is 0.512 e. The lowest BCUT2D eigenvalue weighted by atomic mass is 10.3. The summed E-state index contributed by atoms with van der Waals surface area (Å²) in [6, 6.07) is 3.51. The summed E-state index contributed by atoms with van der Waals surface area (Å²) in [7, 11) is -11.0. The molecule has 0 fully saturated rings. The minimum Gasteiger partial charge on any atom is -0.404 e. The van der Waals surface area contributed by atoms with Crippen LogP contribution in [0.15, 0.2) is 30.4 Å². The fourth-order valence-electron chi connectivity index (χ4n) is 1.22. The van der Waals surface area contributed by atoms with Crippen LogP contribution in [0.25, 0.3) is 0 Å². The second kappa shape index (κ2) is 6.86. The molecule has 0 unspecified atom stereocenters. The quantitative estimate of drug-likeness (QED) is 0.566. The summed E-state index contributed by atoms with van der Waals surface area (Å²) in [6.07, 6.45) is 0. The van der Waals surface area contributed by atoms with E-state index in [1.807, 2.05) is 0 Å². The minimum absolute atomic E-state index is 0.0350. The second-order valence-corrected chi connectivity index (χ2v) is 8.08.